The number of benzene rings is 3. The summed E-state index contributed by atoms with van der Waals surface area (Å²) in [5, 5.41) is 2.64. The number of carbonyl (C=O) groups excluding carboxylic acids is 3. The van der Waals surface area contributed by atoms with Crippen molar-refractivity contribution in [3.05, 3.63) is 89.0 Å². The lowest BCUT2D eigenvalue weighted by Crippen LogP contribution is -2.45. The third-order valence-corrected chi connectivity index (χ3v) is 9.16. The van der Waals surface area contributed by atoms with Gasteiger partial charge in [-0.2, -0.15) is 4.31 Å². The third kappa shape index (κ3) is 6.00. The van der Waals surface area contributed by atoms with Crippen LogP contribution in [0.1, 0.15) is 59.5 Å². The first kappa shape index (κ1) is 29.2. The van der Waals surface area contributed by atoms with Crippen LogP contribution in [0.3, 0.4) is 0 Å². The van der Waals surface area contributed by atoms with E-state index in [9.17, 15) is 22.8 Å². The fourth-order valence-electron chi connectivity index (χ4n) is 4.84. The van der Waals surface area contributed by atoms with Crippen LogP contribution in [0.5, 0.6) is 0 Å². The molecule has 0 aliphatic heterocycles. The molecule has 4 rings (SSSR count). The van der Waals surface area contributed by atoms with Crippen LogP contribution < -0.4 is 5.32 Å². The van der Waals surface area contributed by atoms with Crippen LogP contribution in [0.15, 0.2) is 71.6 Å². The Bertz CT molecular complexity index is 1540. The lowest BCUT2D eigenvalue weighted by molar-refractivity contribution is -0.145. The quantitative estimate of drug-likeness (QED) is 0.213. The molecule has 1 aliphatic rings. The molecule has 0 saturated carbocycles. The maximum absolute atomic E-state index is 13.0. The normalized spacial score (nSPS) is 13.1. The van der Waals surface area contributed by atoms with Gasteiger partial charge < -0.3 is 10.1 Å². The van der Waals surface area contributed by atoms with Gasteiger partial charge in [0.2, 0.25) is 10.0 Å². The predicted octanol–water partition coefficient (Wildman–Crippen LogP) is 4.47. The molecular formula is C31H34N2O6S. The first-order valence-electron chi connectivity index (χ1n) is 13.4. The smallest absolute Gasteiger partial charge is 0.329 e. The van der Waals surface area contributed by atoms with E-state index in [4.69, 9.17) is 4.74 Å². The van der Waals surface area contributed by atoms with E-state index in [2.05, 4.69) is 11.4 Å². The molecule has 1 N–H and O–H groups in total. The van der Waals surface area contributed by atoms with E-state index < -0.39 is 34.5 Å². The molecule has 1 amide bonds. The minimum atomic E-state index is -3.76. The van der Waals surface area contributed by atoms with Gasteiger partial charge in [-0.15, -0.1) is 0 Å². The maximum Gasteiger partial charge on any atom is 0.329 e. The number of nitrogens with one attached hydrogen (secondary N) is 1. The fraction of sp³-hybridized carbons (Fsp3) is 0.323. The van der Waals surface area contributed by atoms with Crippen molar-refractivity contribution in [3.8, 4) is 11.1 Å². The molecular weight excluding hydrogens is 528 g/mol. The van der Waals surface area contributed by atoms with Gasteiger partial charge in [0.15, 0.2) is 12.4 Å². The molecule has 9 heteroatoms. The minimum Gasteiger partial charge on any atom is -0.456 e. The van der Waals surface area contributed by atoms with Gasteiger partial charge in [-0.25, -0.2) is 13.2 Å². The Morgan fingerprint density at radius 3 is 2.27 bits per heavy atom. The Kier molecular flexibility index (Phi) is 8.85. The molecule has 0 radical (unpaired) electrons. The SMILES string of the molecule is CCN(CC)S(=O)(=O)c1cccc(C(=O)NC(C(=O)OCC(=O)c2ccc3c(c2)-c2ccccc2C3)C(C)C)c1. The number of carbonyl (C=O) groups is 3. The Morgan fingerprint density at radius 1 is 0.875 bits per heavy atom. The highest BCUT2D eigenvalue weighted by molar-refractivity contribution is 7.89. The van der Waals surface area contributed by atoms with Gasteiger partial charge in [-0.1, -0.05) is 70.2 Å². The highest BCUT2D eigenvalue weighted by atomic mass is 32.2. The molecule has 3 aromatic rings. The first-order chi connectivity index (χ1) is 19.1. The summed E-state index contributed by atoms with van der Waals surface area (Å²) in [5.41, 5.74) is 5.00. The number of rotatable bonds is 11. The zero-order valence-electron chi connectivity index (χ0n) is 23.1. The van der Waals surface area contributed by atoms with Crippen molar-refractivity contribution in [1.29, 1.82) is 0 Å². The van der Waals surface area contributed by atoms with Crippen molar-refractivity contribution in [3.63, 3.8) is 0 Å². The van der Waals surface area contributed by atoms with Gasteiger partial charge in [-0.05, 0) is 58.9 Å². The molecule has 210 valence electrons. The summed E-state index contributed by atoms with van der Waals surface area (Å²) in [5.74, 6) is -2.04. The lowest BCUT2D eigenvalue weighted by atomic mass is 10.0. The zero-order chi connectivity index (χ0) is 29.0. The van der Waals surface area contributed by atoms with E-state index in [1.807, 2.05) is 30.3 Å². The van der Waals surface area contributed by atoms with Crippen LogP contribution in [0.25, 0.3) is 11.1 Å². The number of nitrogens with zero attached hydrogens (tertiary/aromatic N) is 1. The topological polar surface area (TPSA) is 110 Å². The van der Waals surface area contributed by atoms with Gasteiger partial charge >= 0.3 is 5.97 Å². The Labute approximate surface area is 235 Å². The molecule has 0 heterocycles. The summed E-state index contributed by atoms with van der Waals surface area (Å²) in [6.07, 6.45) is 0.815. The fourth-order valence-corrected chi connectivity index (χ4v) is 6.34. The molecule has 8 nitrogen and oxygen atoms in total. The molecule has 40 heavy (non-hydrogen) atoms. The number of sulfonamides is 1. The number of Topliss-reactive ketones (excluding diaryl/α,β-unsaturated/α-hetero) is 1. The van der Waals surface area contributed by atoms with Gasteiger partial charge in [0.05, 0.1) is 4.90 Å². The highest BCUT2D eigenvalue weighted by Crippen LogP contribution is 2.36. The van der Waals surface area contributed by atoms with Crippen molar-refractivity contribution in [1.82, 2.24) is 9.62 Å². The lowest BCUT2D eigenvalue weighted by Gasteiger charge is -2.21. The average molecular weight is 563 g/mol. The zero-order valence-corrected chi connectivity index (χ0v) is 24.0. The summed E-state index contributed by atoms with van der Waals surface area (Å²) in [6, 6.07) is 18.2. The van der Waals surface area contributed by atoms with Gasteiger partial charge in [0, 0.05) is 24.2 Å². The first-order valence-corrected chi connectivity index (χ1v) is 14.8. The molecule has 1 unspecified atom stereocenters. The number of amides is 1. The minimum absolute atomic E-state index is 0.00455. The van der Waals surface area contributed by atoms with Crippen molar-refractivity contribution in [2.24, 2.45) is 5.92 Å². The largest absolute Gasteiger partial charge is 0.456 e. The Balaban J connectivity index is 1.43. The van der Waals surface area contributed by atoms with Crippen LogP contribution in [0.4, 0.5) is 0 Å². The van der Waals surface area contributed by atoms with E-state index >= 15 is 0 Å². The molecule has 0 spiro atoms. The van der Waals surface area contributed by atoms with Crippen LogP contribution in [0, 0.1) is 5.92 Å². The predicted molar refractivity (Wildman–Crippen MR) is 153 cm³/mol. The summed E-state index contributed by atoms with van der Waals surface area (Å²) < 4.78 is 32.4. The van der Waals surface area contributed by atoms with E-state index in [1.54, 1.807) is 33.8 Å². The number of fused-ring (bicyclic) bond motifs is 3. The summed E-state index contributed by atoms with van der Waals surface area (Å²) in [4.78, 5) is 38.9. The van der Waals surface area contributed by atoms with E-state index in [1.165, 1.54) is 34.1 Å². The summed E-state index contributed by atoms with van der Waals surface area (Å²) in [7, 11) is -3.76. The monoisotopic (exact) mass is 562 g/mol. The summed E-state index contributed by atoms with van der Waals surface area (Å²) >= 11 is 0. The number of hydrogen-bond acceptors (Lipinski definition) is 6. The number of ether oxygens (including phenoxy) is 1. The second kappa shape index (κ2) is 12.1. The van der Waals surface area contributed by atoms with Gasteiger partial charge in [0.1, 0.15) is 6.04 Å². The van der Waals surface area contributed by atoms with Crippen LogP contribution in [-0.4, -0.2) is 56.1 Å². The molecule has 0 saturated heterocycles. The van der Waals surface area contributed by atoms with Gasteiger partial charge in [0.25, 0.3) is 5.91 Å². The van der Waals surface area contributed by atoms with Gasteiger partial charge in [-0.3, -0.25) is 9.59 Å². The average Bonchev–Trinajstić information content (AvgIpc) is 3.32. The van der Waals surface area contributed by atoms with E-state index in [0.717, 1.165) is 23.1 Å². The molecule has 0 fully saturated rings. The third-order valence-electron chi connectivity index (χ3n) is 7.11. The van der Waals surface area contributed by atoms with E-state index in [-0.39, 0.29) is 22.2 Å². The Hall–Kier alpha value is -3.82. The van der Waals surface area contributed by atoms with Crippen LogP contribution in [-0.2, 0) is 26.0 Å². The molecule has 1 aliphatic carbocycles. The number of esters is 1. The standard InChI is InChI=1S/C31H34N2O6S/c1-5-33(6-2)40(37,38)25-12-9-11-24(17-25)30(35)32-29(20(3)4)31(36)39-19-28(34)23-15-14-22-16-21-10-7-8-13-26(21)27(22)18-23/h7-15,17-18,20,29H,5-6,16,19H2,1-4H3,(H,32,35). The number of ketones is 1. The number of hydrogen-bond donors (Lipinski definition) is 1. The maximum atomic E-state index is 13.0. The van der Waals surface area contributed by atoms with Crippen molar-refractivity contribution < 1.29 is 27.5 Å². The highest BCUT2D eigenvalue weighted by Gasteiger charge is 2.28. The molecule has 3 aromatic carbocycles. The van der Waals surface area contributed by atoms with Crippen LogP contribution in [0.2, 0.25) is 0 Å². The second-order valence-corrected chi connectivity index (χ2v) is 12.0. The summed E-state index contributed by atoms with van der Waals surface area (Å²) in [6.45, 7) is 7.10. The molecule has 0 aromatic heterocycles. The van der Waals surface area contributed by atoms with Crippen molar-refractivity contribution >= 4 is 27.7 Å². The van der Waals surface area contributed by atoms with Crippen molar-refractivity contribution in [2.45, 2.75) is 45.1 Å². The van der Waals surface area contributed by atoms with E-state index in [0.29, 0.717) is 18.7 Å². The van der Waals surface area contributed by atoms with Crippen LogP contribution >= 0.6 is 0 Å². The molecule has 0 bridgehead atoms. The Morgan fingerprint density at radius 2 is 1.57 bits per heavy atom. The second-order valence-electron chi connectivity index (χ2n) is 10.0. The van der Waals surface area contributed by atoms with Crippen molar-refractivity contribution in [2.75, 3.05) is 19.7 Å². The molecule has 1 atom stereocenters.